The van der Waals surface area contributed by atoms with Gasteiger partial charge in [0, 0.05) is 6.20 Å². The number of nitrogens with one attached hydrogen (secondary N) is 1. The lowest BCUT2D eigenvalue weighted by molar-refractivity contribution is -0.141. The lowest BCUT2D eigenvalue weighted by Gasteiger charge is -2.17. The molecule has 2 aromatic carbocycles. The molecule has 6 nitrogen and oxygen atoms in total. The number of esters is 1. The van der Waals surface area contributed by atoms with Crippen LogP contribution in [0.2, 0.25) is 0 Å². The second kappa shape index (κ2) is 8.11. The summed E-state index contributed by atoms with van der Waals surface area (Å²) in [5.41, 5.74) is 2.11. The standard InChI is InChI=1S/C20H19N3O3/c1-26-19(24)12-18(15-8-4-2-5-9-15)22-20(25)16-13-21-23(14-16)17-10-6-3-7-11-17/h2-11,13-14,18H,12H2,1H3,(H,22,25)/t18-/m1/s1. The third kappa shape index (κ3) is 4.16. The molecule has 132 valence electrons. The molecule has 1 N–H and O–H groups in total. The Hall–Kier alpha value is -3.41. The maximum Gasteiger partial charge on any atom is 0.307 e. The van der Waals surface area contributed by atoms with Crippen LogP contribution in [0.3, 0.4) is 0 Å². The van der Waals surface area contributed by atoms with E-state index in [1.807, 2.05) is 60.7 Å². The number of rotatable bonds is 6. The smallest absolute Gasteiger partial charge is 0.307 e. The third-order valence-corrected chi connectivity index (χ3v) is 3.97. The summed E-state index contributed by atoms with van der Waals surface area (Å²) in [4.78, 5) is 24.3. The Morgan fingerprint density at radius 1 is 1.08 bits per heavy atom. The Morgan fingerprint density at radius 2 is 1.73 bits per heavy atom. The number of carbonyl (C=O) groups excluding carboxylic acids is 2. The molecule has 3 rings (SSSR count). The highest BCUT2D eigenvalue weighted by Gasteiger charge is 2.20. The van der Waals surface area contributed by atoms with Crippen molar-refractivity contribution < 1.29 is 14.3 Å². The normalized spacial score (nSPS) is 11.6. The Kier molecular flexibility index (Phi) is 5.43. The van der Waals surface area contributed by atoms with Crippen molar-refractivity contribution in [2.45, 2.75) is 12.5 Å². The van der Waals surface area contributed by atoms with Crippen molar-refractivity contribution in [1.82, 2.24) is 15.1 Å². The molecule has 1 atom stereocenters. The van der Waals surface area contributed by atoms with Gasteiger partial charge in [-0.05, 0) is 17.7 Å². The van der Waals surface area contributed by atoms with Crippen LogP contribution in [0.5, 0.6) is 0 Å². The van der Waals surface area contributed by atoms with Gasteiger partial charge in [0.25, 0.3) is 5.91 Å². The van der Waals surface area contributed by atoms with E-state index in [4.69, 9.17) is 4.74 Å². The fourth-order valence-corrected chi connectivity index (χ4v) is 2.59. The summed E-state index contributed by atoms with van der Waals surface area (Å²) >= 11 is 0. The topological polar surface area (TPSA) is 73.2 Å². The van der Waals surface area contributed by atoms with Gasteiger partial charge in [0.05, 0.1) is 37.0 Å². The molecule has 0 aliphatic heterocycles. The highest BCUT2D eigenvalue weighted by Crippen LogP contribution is 2.18. The van der Waals surface area contributed by atoms with Gasteiger partial charge in [0.15, 0.2) is 0 Å². The van der Waals surface area contributed by atoms with Crippen LogP contribution >= 0.6 is 0 Å². The molecule has 0 saturated heterocycles. The number of aromatic nitrogens is 2. The van der Waals surface area contributed by atoms with Gasteiger partial charge in [-0.2, -0.15) is 5.10 Å². The first-order valence-electron chi connectivity index (χ1n) is 8.20. The van der Waals surface area contributed by atoms with Gasteiger partial charge in [-0.25, -0.2) is 4.68 Å². The third-order valence-electron chi connectivity index (χ3n) is 3.97. The number of hydrogen-bond acceptors (Lipinski definition) is 4. The summed E-state index contributed by atoms with van der Waals surface area (Å²) in [6.07, 6.45) is 3.21. The highest BCUT2D eigenvalue weighted by atomic mass is 16.5. The summed E-state index contributed by atoms with van der Waals surface area (Å²) in [7, 11) is 1.33. The largest absolute Gasteiger partial charge is 0.469 e. The molecular formula is C20H19N3O3. The lowest BCUT2D eigenvalue weighted by Crippen LogP contribution is -2.30. The van der Waals surface area contributed by atoms with Gasteiger partial charge < -0.3 is 10.1 Å². The lowest BCUT2D eigenvalue weighted by atomic mass is 10.0. The maximum atomic E-state index is 12.6. The molecule has 0 saturated carbocycles. The molecule has 0 bridgehead atoms. The number of hydrogen-bond donors (Lipinski definition) is 1. The summed E-state index contributed by atoms with van der Waals surface area (Å²) in [6.45, 7) is 0. The molecule has 3 aromatic rings. The molecule has 0 spiro atoms. The first-order chi connectivity index (χ1) is 12.7. The monoisotopic (exact) mass is 349 g/mol. The molecule has 26 heavy (non-hydrogen) atoms. The van der Waals surface area contributed by atoms with Crippen molar-refractivity contribution in [3.05, 3.63) is 84.2 Å². The Labute approximate surface area is 151 Å². The Bertz CT molecular complexity index is 876. The molecule has 1 amide bonds. The number of amides is 1. The molecule has 0 fully saturated rings. The van der Waals surface area contributed by atoms with Crippen LogP contribution in [0.15, 0.2) is 73.1 Å². The number of para-hydroxylation sites is 1. The summed E-state index contributed by atoms with van der Waals surface area (Å²) < 4.78 is 6.38. The Morgan fingerprint density at radius 3 is 2.38 bits per heavy atom. The molecule has 6 heteroatoms. The van der Waals surface area contributed by atoms with Crippen molar-refractivity contribution in [3.63, 3.8) is 0 Å². The van der Waals surface area contributed by atoms with Crippen molar-refractivity contribution in [2.75, 3.05) is 7.11 Å². The average Bonchev–Trinajstić information content (AvgIpc) is 3.19. The van der Waals surface area contributed by atoms with Gasteiger partial charge >= 0.3 is 5.97 Å². The first kappa shape index (κ1) is 17.4. The van der Waals surface area contributed by atoms with E-state index in [0.29, 0.717) is 5.56 Å². The number of methoxy groups -OCH3 is 1. The number of benzene rings is 2. The van der Waals surface area contributed by atoms with E-state index >= 15 is 0 Å². The fourth-order valence-electron chi connectivity index (χ4n) is 2.59. The van der Waals surface area contributed by atoms with E-state index in [-0.39, 0.29) is 18.3 Å². The SMILES string of the molecule is COC(=O)C[C@@H](NC(=O)c1cnn(-c2ccccc2)c1)c1ccccc1. The molecule has 0 aliphatic carbocycles. The average molecular weight is 349 g/mol. The van der Waals surface area contributed by atoms with Crippen molar-refractivity contribution in [2.24, 2.45) is 0 Å². The molecule has 0 unspecified atom stereocenters. The van der Waals surface area contributed by atoms with E-state index in [0.717, 1.165) is 11.3 Å². The van der Waals surface area contributed by atoms with Gasteiger partial charge in [-0.15, -0.1) is 0 Å². The van der Waals surface area contributed by atoms with E-state index < -0.39 is 6.04 Å². The fraction of sp³-hybridized carbons (Fsp3) is 0.150. The van der Waals surface area contributed by atoms with Crippen LogP contribution in [0.1, 0.15) is 28.4 Å². The van der Waals surface area contributed by atoms with Crippen LogP contribution < -0.4 is 5.32 Å². The number of carbonyl (C=O) groups is 2. The number of ether oxygens (including phenoxy) is 1. The van der Waals surface area contributed by atoms with Crippen LogP contribution in [0.4, 0.5) is 0 Å². The quantitative estimate of drug-likeness (QED) is 0.695. The van der Waals surface area contributed by atoms with Crippen LogP contribution in [-0.4, -0.2) is 28.8 Å². The minimum atomic E-state index is -0.476. The van der Waals surface area contributed by atoms with Crippen molar-refractivity contribution >= 4 is 11.9 Å². The molecule has 1 heterocycles. The minimum Gasteiger partial charge on any atom is -0.469 e. The molecule has 0 radical (unpaired) electrons. The predicted molar refractivity (Wildman–Crippen MR) is 96.8 cm³/mol. The zero-order chi connectivity index (χ0) is 18.4. The van der Waals surface area contributed by atoms with Gasteiger partial charge in [-0.3, -0.25) is 9.59 Å². The van der Waals surface area contributed by atoms with Gasteiger partial charge in [0.2, 0.25) is 0 Å². The summed E-state index contributed by atoms with van der Waals surface area (Å²) in [5.74, 6) is -0.691. The van der Waals surface area contributed by atoms with E-state index in [9.17, 15) is 9.59 Å². The second-order valence-corrected chi connectivity index (χ2v) is 5.73. The zero-order valence-electron chi connectivity index (χ0n) is 14.3. The van der Waals surface area contributed by atoms with E-state index in [1.54, 1.807) is 10.9 Å². The van der Waals surface area contributed by atoms with Gasteiger partial charge in [0.1, 0.15) is 0 Å². The van der Waals surface area contributed by atoms with Crippen LogP contribution in [-0.2, 0) is 9.53 Å². The summed E-state index contributed by atoms with van der Waals surface area (Å²) in [5, 5.41) is 7.12. The molecule has 1 aromatic heterocycles. The van der Waals surface area contributed by atoms with Gasteiger partial charge in [-0.1, -0.05) is 48.5 Å². The number of nitrogens with zero attached hydrogens (tertiary/aromatic N) is 2. The van der Waals surface area contributed by atoms with Crippen molar-refractivity contribution in [1.29, 1.82) is 0 Å². The molecule has 0 aliphatic rings. The Balaban J connectivity index is 1.77. The highest BCUT2D eigenvalue weighted by molar-refractivity contribution is 5.94. The van der Waals surface area contributed by atoms with E-state index in [1.165, 1.54) is 13.3 Å². The predicted octanol–water partition coefficient (Wildman–Crippen LogP) is 2.91. The van der Waals surface area contributed by atoms with Crippen LogP contribution in [0.25, 0.3) is 5.69 Å². The zero-order valence-corrected chi connectivity index (χ0v) is 14.3. The van der Waals surface area contributed by atoms with E-state index in [2.05, 4.69) is 10.4 Å². The minimum absolute atomic E-state index is 0.0546. The molecular weight excluding hydrogens is 330 g/mol. The first-order valence-corrected chi connectivity index (χ1v) is 8.20. The summed E-state index contributed by atoms with van der Waals surface area (Å²) in [6, 6.07) is 18.4. The maximum absolute atomic E-state index is 12.6. The second-order valence-electron chi connectivity index (χ2n) is 5.73. The van der Waals surface area contributed by atoms with Crippen LogP contribution in [0, 0.1) is 0 Å². The van der Waals surface area contributed by atoms with Crippen molar-refractivity contribution in [3.8, 4) is 5.69 Å².